The fourth-order valence-corrected chi connectivity index (χ4v) is 2.60. The topological polar surface area (TPSA) is 125 Å². The van der Waals surface area contributed by atoms with Crippen LogP contribution in [0.2, 0.25) is 0 Å². The molecule has 2 aromatic carbocycles. The van der Waals surface area contributed by atoms with Crippen LogP contribution in [0.15, 0.2) is 47.6 Å². The molecule has 0 aliphatic carbocycles. The Morgan fingerprint density at radius 2 is 1.73 bits per heavy atom. The first-order valence-electron chi connectivity index (χ1n) is 10.1. The maximum atomic E-state index is 12.2. The molecule has 0 radical (unpaired) electrons. The molecular formula is C23H27N3O7. The van der Waals surface area contributed by atoms with E-state index in [-0.39, 0.29) is 13.2 Å². The van der Waals surface area contributed by atoms with E-state index in [2.05, 4.69) is 15.8 Å². The van der Waals surface area contributed by atoms with Crippen LogP contribution >= 0.6 is 0 Å². The van der Waals surface area contributed by atoms with E-state index in [0.717, 1.165) is 0 Å². The van der Waals surface area contributed by atoms with Crippen molar-refractivity contribution >= 4 is 24.0 Å². The molecule has 2 aromatic rings. The smallest absolute Gasteiger partial charge is 0.347 e. The molecule has 176 valence electrons. The van der Waals surface area contributed by atoms with Crippen LogP contribution in [0.3, 0.4) is 0 Å². The molecule has 10 heteroatoms. The van der Waals surface area contributed by atoms with Crippen molar-refractivity contribution < 1.29 is 33.3 Å². The van der Waals surface area contributed by atoms with Gasteiger partial charge in [-0.1, -0.05) is 0 Å². The SMILES string of the molecule is CCOC(=O)C(C)Oc1ccc(C=NNC(=O)CNC(=O)c2ccc(OC)c(OC)c2)cc1. The van der Waals surface area contributed by atoms with Gasteiger partial charge in [0.15, 0.2) is 17.6 Å². The van der Waals surface area contributed by atoms with Crippen molar-refractivity contribution in [1.82, 2.24) is 10.7 Å². The van der Waals surface area contributed by atoms with Gasteiger partial charge in [-0.05, 0) is 61.9 Å². The lowest BCUT2D eigenvalue weighted by Crippen LogP contribution is -2.34. The number of benzene rings is 2. The van der Waals surface area contributed by atoms with Crippen LogP contribution in [-0.4, -0.2) is 57.5 Å². The minimum Gasteiger partial charge on any atom is -0.493 e. The lowest BCUT2D eigenvalue weighted by atomic mass is 10.2. The van der Waals surface area contributed by atoms with Gasteiger partial charge in [-0.25, -0.2) is 10.2 Å². The van der Waals surface area contributed by atoms with Gasteiger partial charge in [-0.3, -0.25) is 9.59 Å². The largest absolute Gasteiger partial charge is 0.493 e. The van der Waals surface area contributed by atoms with Crippen LogP contribution in [-0.2, 0) is 14.3 Å². The lowest BCUT2D eigenvalue weighted by Gasteiger charge is -2.13. The number of nitrogens with zero attached hydrogens (tertiary/aromatic N) is 1. The van der Waals surface area contributed by atoms with Crippen molar-refractivity contribution in [3.63, 3.8) is 0 Å². The number of rotatable bonds is 11. The molecule has 0 saturated heterocycles. The van der Waals surface area contributed by atoms with Gasteiger partial charge in [0.1, 0.15) is 5.75 Å². The molecule has 10 nitrogen and oxygen atoms in total. The molecule has 0 aliphatic heterocycles. The molecule has 0 aliphatic rings. The van der Waals surface area contributed by atoms with Crippen LogP contribution in [0.5, 0.6) is 17.2 Å². The quantitative estimate of drug-likeness (QED) is 0.300. The number of amides is 2. The second kappa shape index (κ2) is 12.7. The van der Waals surface area contributed by atoms with E-state index in [1.54, 1.807) is 50.2 Å². The highest BCUT2D eigenvalue weighted by Crippen LogP contribution is 2.27. The summed E-state index contributed by atoms with van der Waals surface area (Å²) in [4.78, 5) is 35.8. The molecule has 0 aromatic heterocycles. The number of hydrogen-bond donors (Lipinski definition) is 2. The average molecular weight is 457 g/mol. The second-order valence-corrected chi connectivity index (χ2v) is 6.63. The number of ether oxygens (including phenoxy) is 4. The minimum absolute atomic E-state index is 0.261. The normalized spacial score (nSPS) is 11.4. The van der Waals surface area contributed by atoms with E-state index in [1.807, 2.05) is 0 Å². The summed E-state index contributed by atoms with van der Waals surface area (Å²) in [7, 11) is 2.97. The van der Waals surface area contributed by atoms with Crippen LogP contribution < -0.4 is 25.0 Å². The van der Waals surface area contributed by atoms with E-state index in [0.29, 0.717) is 28.4 Å². The molecule has 0 bridgehead atoms. The summed E-state index contributed by atoms with van der Waals surface area (Å²) in [5, 5.41) is 6.36. The maximum Gasteiger partial charge on any atom is 0.347 e. The van der Waals surface area contributed by atoms with E-state index in [4.69, 9.17) is 18.9 Å². The third-order valence-corrected chi connectivity index (χ3v) is 4.27. The number of carbonyl (C=O) groups is 3. The van der Waals surface area contributed by atoms with Gasteiger partial charge in [-0.2, -0.15) is 5.10 Å². The number of methoxy groups -OCH3 is 2. The van der Waals surface area contributed by atoms with Crippen molar-refractivity contribution in [2.24, 2.45) is 5.10 Å². The zero-order valence-electron chi connectivity index (χ0n) is 18.9. The van der Waals surface area contributed by atoms with Crippen molar-refractivity contribution in [1.29, 1.82) is 0 Å². The zero-order chi connectivity index (χ0) is 24.2. The molecule has 2 rings (SSSR count). The van der Waals surface area contributed by atoms with Gasteiger partial charge in [0.2, 0.25) is 0 Å². The summed E-state index contributed by atoms with van der Waals surface area (Å²) in [6.07, 6.45) is 0.713. The van der Waals surface area contributed by atoms with Crippen LogP contribution in [0.4, 0.5) is 0 Å². The van der Waals surface area contributed by atoms with Gasteiger partial charge >= 0.3 is 5.97 Å². The Hall–Kier alpha value is -4.08. The van der Waals surface area contributed by atoms with Crippen LogP contribution in [0, 0.1) is 0 Å². The molecule has 2 N–H and O–H groups in total. The summed E-state index contributed by atoms with van der Waals surface area (Å²) in [5.74, 6) is 0.0184. The van der Waals surface area contributed by atoms with Crippen molar-refractivity contribution in [3.8, 4) is 17.2 Å². The first-order chi connectivity index (χ1) is 15.9. The maximum absolute atomic E-state index is 12.2. The van der Waals surface area contributed by atoms with Crippen molar-refractivity contribution in [2.75, 3.05) is 27.4 Å². The Balaban J connectivity index is 1.80. The fraction of sp³-hybridized carbons (Fsp3) is 0.304. The molecule has 0 spiro atoms. The van der Waals surface area contributed by atoms with E-state index >= 15 is 0 Å². The number of nitrogens with one attached hydrogen (secondary N) is 2. The zero-order valence-corrected chi connectivity index (χ0v) is 18.9. The van der Waals surface area contributed by atoms with E-state index in [9.17, 15) is 14.4 Å². The van der Waals surface area contributed by atoms with Gasteiger partial charge in [-0.15, -0.1) is 0 Å². The second-order valence-electron chi connectivity index (χ2n) is 6.63. The highest BCUT2D eigenvalue weighted by Gasteiger charge is 2.15. The van der Waals surface area contributed by atoms with E-state index < -0.39 is 23.9 Å². The first kappa shape index (κ1) is 25.2. The van der Waals surface area contributed by atoms with Gasteiger partial charge in [0.05, 0.1) is 33.6 Å². The minimum atomic E-state index is -0.724. The third-order valence-electron chi connectivity index (χ3n) is 4.27. The van der Waals surface area contributed by atoms with Crippen LogP contribution in [0.1, 0.15) is 29.8 Å². The molecule has 1 unspecified atom stereocenters. The van der Waals surface area contributed by atoms with Gasteiger partial charge in [0.25, 0.3) is 11.8 Å². The number of esters is 1. The van der Waals surface area contributed by atoms with E-state index in [1.165, 1.54) is 26.5 Å². The van der Waals surface area contributed by atoms with Gasteiger partial charge in [0, 0.05) is 5.56 Å². The first-order valence-corrected chi connectivity index (χ1v) is 10.1. The standard InChI is InChI=1S/C23H27N3O7/c1-5-32-23(29)15(2)33-18-9-6-16(7-10-18)13-25-26-21(27)14-24-22(28)17-8-11-19(30-3)20(12-17)31-4/h6-13,15H,5,14H2,1-4H3,(H,24,28)(H,26,27). The molecule has 2 amide bonds. The Morgan fingerprint density at radius 1 is 1.03 bits per heavy atom. The Morgan fingerprint density at radius 3 is 2.36 bits per heavy atom. The summed E-state index contributed by atoms with van der Waals surface area (Å²) in [6.45, 7) is 3.35. The van der Waals surface area contributed by atoms with Crippen molar-refractivity contribution in [2.45, 2.75) is 20.0 Å². The van der Waals surface area contributed by atoms with Gasteiger partial charge < -0.3 is 24.3 Å². The third kappa shape index (κ3) is 7.84. The van der Waals surface area contributed by atoms with Crippen molar-refractivity contribution in [3.05, 3.63) is 53.6 Å². The fourth-order valence-electron chi connectivity index (χ4n) is 2.60. The number of carbonyl (C=O) groups excluding carboxylic acids is 3. The molecular weight excluding hydrogens is 430 g/mol. The Bertz CT molecular complexity index is 990. The summed E-state index contributed by atoms with van der Waals surface area (Å²) in [6, 6.07) is 11.4. The average Bonchev–Trinajstić information content (AvgIpc) is 2.83. The lowest BCUT2D eigenvalue weighted by molar-refractivity contribution is -0.150. The molecule has 1 atom stereocenters. The molecule has 33 heavy (non-hydrogen) atoms. The monoisotopic (exact) mass is 457 g/mol. The molecule has 0 saturated carbocycles. The predicted octanol–water partition coefficient (Wildman–Crippen LogP) is 1.91. The predicted molar refractivity (Wildman–Crippen MR) is 121 cm³/mol. The summed E-state index contributed by atoms with van der Waals surface area (Å²) < 4.78 is 20.7. The number of hydrogen-bond acceptors (Lipinski definition) is 8. The van der Waals surface area contributed by atoms with Crippen LogP contribution in [0.25, 0.3) is 0 Å². The summed E-state index contributed by atoms with van der Waals surface area (Å²) >= 11 is 0. The summed E-state index contributed by atoms with van der Waals surface area (Å²) in [5.41, 5.74) is 3.35. The highest BCUT2D eigenvalue weighted by molar-refractivity contribution is 5.97. The highest BCUT2D eigenvalue weighted by atomic mass is 16.6. The molecule has 0 fully saturated rings. The number of hydrazone groups is 1. The Labute approximate surface area is 191 Å². The molecule has 0 heterocycles. The Kier molecular flexibility index (Phi) is 9.69.